The van der Waals surface area contributed by atoms with Crippen LogP contribution in [-0.2, 0) is 6.54 Å². The number of carbonyl (C=O) groups excluding carboxylic acids is 1. The summed E-state index contributed by atoms with van der Waals surface area (Å²) in [6.45, 7) is 3.07. The van der Waals surface area contributed by atoms with Gasteiger partial charge in [0.05, 0.1) is 0 Å². The van der Waals surface area contributed by atoms with E-state index < -0.39 is 0 Å². The summed E-state index contributed by atoms with van der Waals surface area (Å²) in [4.78, 5) is 11.3. The molecule has 88 valence electrons. The van der Waals surface area contributed by atoms with Gasteiger partial charge in [0.15, 0.2) is 6.20 Å². The van der Waals surface area contributed by atoms with Crippen LogP contribution in [0.4, 0.5) is 0 Å². The van der Waals surface area contributed by atoms with Crippen LogP contribution in [0.15, 0.2) is 36.5 Å². The Labute approximate surface area is 101 Å². The lowest BCUT2D eigenvalue weighted by Crippen LogP contribution is -2.36. The minimum atomic E-state index is -0.374. The van der Waals surface area contributed by atoms with E-state index in [0.29, 0.717) is 5.56 Å². The molecule has 1 aromatic carbocycles. The predicted octanol–water partition coefficient (Wildman–Crippen LogP) is 2.03. The van der Waals surface area contributed by atoms with Gasteiger partial charge < -0.3 is 5.73 Å². The first-order valence-electron chi connectivity index (χ1n) is 5.94. The van der Waals surface area contributed by atoms with E-state index in [1.807, 2.05) is 30.5 Å². The number of aromatic nitrogens is 1. The molecule has 0 aliphatic rings. The molecule has 1 heterocycles. The molecule has 0 saturated heterocycles. The van der Waals surface area contributed by atoms with Gasteiger partial charge in [-0.2, -0.15) is 4.57 Å². The number of hydrogen-bond donors (Lipinski definition) is 1. The van der Waals surface area contributed by atoms with E-state index in [0.717, 1.165) is 30.3 Å². The molecular weight excluding hydrogens is 212 g/mol. The predicted molar refractivity (Wildman–Crippen MR) is 67.6 cm³/mol. The lowest BCUT2D eigenvalue weighted by Gasteiger charge is -2.03. The lowest BCUT2D eigenvalue weighted by molar-refractivity contribution is -0.671. The number of carbonyl (C=O) groups is 1. The number of para-hydroxylation sites is 1. The zero-order valence-electron chi connectivity index (χ0n) is 10.0. The van der Waals surface area contributed by atoms with E-state index in [4.69, 9.17) is 5.73 Å². The van der Waals surface area contributed by atoms with E-state index in [9.17, 15) is 4.79 Å². The summed E-state index contributed by atoms with van der Waals surface area (Å²) in [5.41, 5.74) is 7.06. The van der Waals surface area contributed by atoms with E-state index in [-0.39, 0.29) is 5.91 Å². The molecule has 0 aliphatic heterocycles. The second-order valence-corrected chi connectivity index (χ2v) is 4.20. The average molecular weight is 229 g/mol. The second kappa shape index (κ2) is 4.95. The third-order valence-corrected chi connectivity index (χ3v) is 2.89. The maximum absolute atomic E-state index is 11.3. The van der Waals surface area contributed by atoms with Crippen molar-refractivity contribution in [1.82, 2.24) is 0 Å². The van der Waals surface area contributed by atoms with E-state index in [1.165, 1.54) is 0 Å². The molecule has 0 unspecified atom stereocenters. The van der Waals surface area contributed by atoms with Gasteiger partial charge in [0.2, 0.25) is 5.52 Å². The van der Waals surface area contributed by atoms with Crippen molar-refractivity contribution in [1.29, 1.82) is 0 Å². The fourth-order valence-electron chi connectivity index (χ4n) is 1.96. The number of fused-ring (bicyclic) bond motifs is 1. The fraction of sp³-hybridized carbons (Fsp3) is 0.286. The van der Waals surface area contributed by atoms with Crippen molar-refractivity contribution in [3.8, 4) is 0 Å². The van der Waals surface area contributed by atoms with Gasteiger partial charge in [-0.1, -0.05) is 25.5 Å². The Hall–Kier alpha value is -1.90. The Morgan fingerprint density at radius 2 is 2.12 bits per heavy atom. The highest BCUT2D eigenvalue weighted by Gasteiger charge is 2.13. The Kier molecular flexibility index (Phi) is 3.38. The maximum atomic E-state index is 11.3. The minimum absolute atomic E-state index is 0.374. The number of pyridine rings is 1. The molecule has 0 atom stereocenters. The molecule has 2 aromatic rings. The van der Waals surface area contributed by atoms with Gasteiger partial charge in [0.25, 0.3) is 5.91 Å². The van der Waals surface area contributed by atoms with Gasteiger partial charge in [0, 0.05) is 17.9 Å². The van der Waals surface area contributed by atoms with Gasteiger partial charge in [-0.3, -0.25) is 4.79 Å². The van der Waals surface area contributed by atoms with Crippen molar-refractivity contribution in [3.05, 3.63) is 42.1 Å². The smallest absolute Gasteiger partial charge is 0.254 e. The first-order valence-corrected chi connectivity index (χ1v) is 5.94. The van der Waals surface area contributed by atoms with Crippen molar-refractivity contribution in [3.63, 3.8) is 0 Å². The number of nitrogens with zero attached hydrogens (tertiary/aromatic N) is 1. The number of hydrogen-bond acceptors (Lipinski definition) is 1. The van der Waals surface area contributed by atoms with Crippen LogP contribution in [0.3, 0.4) is 0 Å². The Morgan fingerprint density at radius 1 is 1.35 bits per heavy atom. The molecule has 3 heteroatoms. The summed E-state index contributed by atoms with van der Waals surface area (Å²) in [5.74, 6) is -0.374. The van der Waals surface area contributed by atoms with Gasteiger partial charge >= 0.3 is 0 Å². The van der Waals surface area contributed by atoms with Crippen molar-refractivity contribution in [2.75, 3.05) is 0 Å². The summed E-state index contributed by atoms with van der Waals surface area (Å²) in [6.07, 6.45) is 4.07. The van der Waals surface area contributed by atoms with Crippen LogP contribution in [0.5, 0.6) is 0 Å². The standard InChI is InChI=1S/C14H16N2O/c1-2-3-8-16-10-12(14(15)17)9-11-6-4-5-7-13(11)16/h4-7,9-10H,2-3,8H2,1H3,(H-,15,17)/p+1. The fourth-order valence-corrected chi connectivity index (χ4v) is 1.96. The van der Waals surface area contributed by atoms with Crippen LogP contribution in [0.2, 0.25) is 0 Å². The quantitative estimate of drug-likeness (QED) is 0.801. The Morgan fingerprint density at radius 3 is 2.82 bits per heavy atom. The molecule has 0 radical (unpaired) electrons. The SMILES string of the molecule is CCCC[n+]1cc(C(N)=O)cc2ccccc21. The summed E-state index contributed by atoms with van der Waals surface area (Å²) in [5, 5.41) is 1.06. The monoisotopic (exact) mass is 229 g/mol. The molecule has 0 saturated carbocycles. The van der Waals surface area contributed by atoms with Gasteiger partial charge in [0.1, 0.15) is 12.1 Å². The minimum Gasteiger partial charge on any atom is -0.365 e. The maximum Gasteiger partial charge on any atom is 0.254 e. The number of nitrogens with two attached hydrogens (primary N) is 1. The van der Waals surface area contributed by atoms with Crippen LogP contribution in [0.25, 0.3) is 10.9 Å². The number of amides is 1. The summed E-state index contributed by atoms with van der Waals surface area (Å²) in [6, 6.07) is 9.89. The highest BCUT2D eigenvalue weighted by Crippen LogP contribution is 2.11. The third-order valence-electron chi connectivity index (χ3n) is 2.89. The van der Waals surface area contributed by atoms with Crippen molar-refractivity contribution < 1.29 is 9.36 Å². The van der Waals surface area contributed by atoms with Gasteiger partial charge in [-0.25, -0.2) is 0 Å². The Balaban J connectivity index is 2.56. The largest absolute Gasteiger partial charge is 0.365 e. The zero-order chi connectivity index (χ0) is 12.3. The molecule has 0 bridgehead atoms. The number of unbranched alkanes of at least 4 members (excludes halogenated alkanes) is 1. The summed E-state index contributed by atoms with van der Waals surface area (Å²) in [7, 11) is 0. The Bertz CT molecular complexity index is 549. The molecule has 1 amide bonds. The second-order valence-electron chi connectivity index (χ2n) is 4.20. The molecule has 2 rings (SSSR count). The first-order chi connectivity index (χ1) is 8.22. The van der Waals surface area contributed by atoms with Gasteiger partial charge in [-0.05, 0) is 12.1 Å². The molecule has 1 aromatic heterocycles. The summed E-state index contributed by atoms with van der Waals surface area (Å²) >= 11 is 0. The first kappa shape index (κ1) is 11.6. The molecule has 3 nitrogen and oxygen atoms in total. The normalized spacial score (nSPS) is 10.6. The van der Waals surface area contributed by atoms with Crippen LogP contribution in [0, 0.1) is 0 Å². The van der Waals surface area contributed by atoms with Crippen LogP contribution in [-0.4, -0.2) is 5.91 Å². The summed E-state index contributed by atoms with van der Waals surface area (Å²) < 4.78 is 2.11. The number of aryl methyl sites for hydroxylation is 1. The van der Waals surface area contributed by atoms with E-state index in [2.05, 4.69) is 17.6 Å². The molecule has 0 fully saturated rings. The van der Waals surface area contributed by atoms with Crippen molar-refractivity contribution in [2.24, 2.45) is 5.73 Å². The van der Waals surface area contributed by atoms with E-state index in [1.54, 1.807) is 0 Å². The topological polar surface area (TPSA) is 47.0 Å². The van der Waals surface area contributed by atoms with Crippen LogP contribution in [0.1, 0.15) is 30.1 Å². The lowest BCUT2D eigenvalue weighted by atomic mass is 10.1. The molecule has 0 aliphatic carbocycles. The highest BCUT2D eigenvalue weighted by molar-refractivity contribution is 5.95. The van der Waals surface area contributed by atoms with Gasteiger partial charge in [-0.15, -0.1) is 0 Å². The van der Waals surface area contributed by atoms with Crippen LogP contribution >= 0.6 is 0 Å². The highest BCUT2D eigenvalue weighted by atomic mass is 16.1. The third kappa shape index (κ3) is 2.44. The zero-order valence-corrected chi connectivity index (χ0v) is 10.0. The van der Waals surface area contributed by atoms with Crippen molar-refractivity contribution in [2.45, 2.75) is 26.3 Å². The number of benzene rings is 1. The number of primary amides is 1. The molecular formula is C14H17N2O+. The average Bonchev–Trinajstić information content (AvgIpc) is 2.35. The van der Waals surface area contributed by atoms with Crippen molar-refractivity contribution >= 4 is 16.8 Å². The number of rotatable bonds is 4. The van der Waals surface area contributed by atoms with Crippen LogP contribution < -0.4 is 10.3 Å². The molecule has 2 N–H and O–H groups in total. The molecule has 0 spiro atoms. The molecule has 17 heavy (non-hydrogen) atoms. The van der Waals surface area contributed by atoms with E-state index >= 15 is 0 Å².